The van der Waals surface area contributed by atoms with Crippen LogP contribution in [0.2, 0.25) is 0 Å². The molecule has 2 heterocycles. The molecule has 1 aliphatic heterocycles. The second kappa shape index (κ2) is 5.17. The maximum absolute atomic E-state index is 12.2. The third-order valence-electron chi connectivity index (χ3n) is 2.62. The van der Waals surface area contributed by atoms with Gasteiger partial charge in [0.05, 0.1) is 24.1 Å². The van der Waals surface area contributed by atoms with Gasteiger partial charge in [0.1, 0.15) is 0 Å². The Bertz CT molecular complexity index is 380. The van der Waals surface area contributed by atoms with E-state index >= 15 is 0 Å². The zero-order chi connectivity index (χ0) is 11.5. The number of amides is 1. The van der Waals surface area contributed by atoms with Crippen LogP contribution in [0.1, 0.15) is 14.5 Å². The van der Waals surface area contributed by atoms with Gasteiger partial charge in [-0.15, -0.1) is 22.9 Å². The zero-order valence-electron chi connectivity index (χ0n) is 9.11. The summed E-state index contributed by atoms with van der Waals surface area (Å²) in [6.45, 7) is 3.77. The standard InChI is InChI=1S/C11H14ClNO2S/c1-8-2-3-10(16-8)11(14)13-4-5-15-7-9(13)6-12/h2-3,9H,4-7H2,1H3. The molecular weight excluding hydrogens is 246 g/mol. The van der Waals surface area contributed by atoms with E-state index in [2.05, 4.69) is 0 Å². The molecule has 1 fully saturated rings. The predicted octanol–water partition coefficient (Wildman–Crippen LogP) is 2.14. The molecule has 1 unspecified atom stereocenters. The summed E-state index contributed by atoms with van der Waals surface area (Å²) < 4.78 is 5.32. The SMILES string of the molecule is Cc1ccc(C(=O)N2CCOCC2CCl)s1. The minimum absolute atomic E-state index is 0.00493. The molecule has 1 amide bonds. The van der Waals surface area contributed by atoms with E-state index in [-0.39, 0.29) is 11.9 Å². The molecule has 1 aromatic heterocycles. The highest BCUT2D eigenvalue weighted by atomic mass is 35.5. The molecule has 0 bridgehead atoms. The van der Waals surface area contributed by atoms with E-state index in [0.717, 1.165) is 9.75 Å². The Morgan fingerprint density at radius 3 is 3.12 bits per heavy atom. The van der Waals surface area contributed by atoms with E-state index in [1.807, 2.05) is 24.0 Å². The number of nitrogens with zero attached hydrogens (tertiary/aromatic N) is 1. The van der Waals surface area contributed by atoms with Gasteiger partial charge in [0.2, 0.25) is 0 Å². The van der Waals surface area contributed by atoms with Gasteiger partial charge in [0.15, 0.2) is 0 Å². The predicted molar refractivity (Wildman–Crippen MR) is 65.4 cm³/mol. The number of aryl methyl sites for hydroxylation is 1. The van der Waals surface area contributed by atoms with Crippen LogP contribution in [-0.4, -0.2) is 42.5 Å². The van der Waals surface area contributed by atoms with E-state index in [9.17, 15) is 4.79 Å². The van der Waals surface area contributed by atoms with Crippen LogP contribution in [0.5, 0.6) is 0 Å². The number of carbonyl (C=O) groups is 1. The first-order chi connectivity index (χ1) is 7.72. The van der Waals surface area contributed by atoms with Crippen molar-refractivity contribution in [1.82, 2.24) is 4.90 Å². The Kier molecular flexibility index (Phi) is 3.84. The second-order valence-corrected chi connectivity index (χ2v) is 5.39. The molecule has 5 heteroatoms. The molecule has 0 aromatic carbocycles. The van der Waals surface area contributed by atoms with Crippen molar-refractivity contribution in [3.63, 3.8) is 0 Å². The van der Waals surface area contributed by atoms with E-state index < -0.39 is 0 Å². The Balaban J connectivity index is 2.13. The first kappa shape index (κ1) is 11.9. The number of hydrogen-bond acceptors (Lipinski definition) is 3. The van der Waals surface area contributed by atoms with Gasteiger partial charge in [-0.2, -0.15) is 0 Å². The number of carbonyl (C=O) groups excluding carboxylic acids is 1. The fourth-order valence-electron chi connectivity index (χ4n) is 1.74. The summed E-state index contributed by atoms with van der Waals surface area (Å²) in [5, 5.41) is 0. The third-order valence-corrected chi connectivity index (χ3v) is 3.96. The number of ether oxygens (including phenoxy) is 1. The molecule has 88 valence electrons. The monoisotopic (exact) mass is 259 g/mol. The molecule has 1 aromatic rings. The molecule has 0 spiro atoms. The number of thiophene rings is 1. The molecule has 3 nitrogen and oxygen atoms in total. The highest BCUT2D eigenvalue weighted by Gasteiger charge is 2.27. The smallest absolute Gasteiger partial charge is 0.264 e. The summed E-state index contributed by atoms with van der Waals surface area (Å²) in [4.78, 5) is 16.0. The molecule has 0 aliphatic carbocycles. The maximum Gasteiger partial charge on any atom is 0.264 e. The highest BCUT2D eigenvalue weighted by Crippen LogP contribution is 2.20. The lowest BCUT2D eigenvalue weighted by Gasteiger charge is -2.34. The van der Waals surface area contributed by atoms with Gasteiger partial charge >= 0.3 is 0 Å². The van der Waals surface area contributed by atoms with Gasteiger partial charge in [-0.3, -0.25) is 4.79 Å². The first-order valence-electron chi connectivity index (χ1n) is 5.23. The molecule has 0 radical (unpaired) electrons. The van der Waals surface area contributed by atoms with Crippen LogP contribution in [-0.2, 0) is 4.74 Å². The van der Waals surface area contributed by atoms with Gasteiger partial charge in [-0.25, -0.2) is 0 Å². The minimum atomic E-state index is 0.00493. The largest absolute Gasteiger partial charge is 0.377 e. The number of alkyl halides is 1. The van der Waals surface area contributed by atoms with Crippen molar-refractivity contribution in [2.24, 2.45) is 0 Å². The summed E-state index contributed by atoms with van der Waals surface area (Å²) >= 11 is 7.37. The molecule has 1 aliphatic rings. The average molecular weight is 260 g/mol. The molecule has 0 N–H and O–H groups in total. The number of morpholine rings is 1. The molecule has 1 atom stereocenters. The van der Waals surface area contributed by atoms with E-state index in [1.165, 1.54) is 11.3 Å². The Hall–Kier alpha value is -0.580. The van der Waals surface area contributed by atoms with Gasteiger partial charge in [-0.1, -0.05) is 0 Å². The Labute approximate surface area is 104 Å². The lowest BCUT2D eigenvalue weighted by Crippen LogP contribution is -2.49. The third kappa shape index (κ3) is 2.39. The maximum atomic E-state index is 12.2. The number of rotatable bonds is 2. The highest BCUT2D eigenvalue weighted by molar-refractivity contribution is 7.13. The van der Waals surface area contributed by atoms with E-state index in [4.69, 9.17) is 16.3 Å². The summed E-state index contributed by atoms with van der Waals surface area (Å²) in [7, 11) is 0. The molecular formula is C11H14ClNO2S. The summed E-state index contributed by atoms with van der Waals surface area (Å²) in [6.07, 6.45) is 0. The van der Waals surface area contributed by atoms with Crippen LogP contribution in [0, 0.1) is 6.92 Å². The second-order valence-electron chi connectivity index (χ2n) is 3.79. The van der Waals surface area contributed by atoms with Crippen molar-refractivity contribution < 1.29 is 9.53 Å². The van der Waals surface area contributed by atoms with Crippen LogP contribution < -0.4 is 0 Å². The summed E-state index contributed by atoms with van der Waals surface area (Å²) in [5.41, 5.74) is 0. The zero-order valence-corrected chi connectivity index (χ0v) is 10.7. The van der Waals surface area contributed by atoms with Crippen molar-refractivity contribution >= 4 is 28.8 Å². The van der Waals surface area contributed by atoms with Gasteiger partial charge < -0.3 is 9.64 Å². The molecule has 0 saturated carbocycles. The number of hydrogen-bond donors (Lipinski definition) is 0. The van der Waals surface area contributed by atoms with Crippen molar-refractivity contribution in [3.05, 3.63) is 21.9 Å². The molecule has 2 rings (SSSR count). The quantitative estimate of drug-likeness (QED) is 0.762. The topological polar surface area (TPSA) is 29.5 Å². The Morgan fingerprint density at radius 1 is 1.69 bits per heavy atom. The van der Waals surface area contributed by atoms with Crippen molar-refractivity contribution in [2.45, 2.75) is 13.0 Å². The van der Waals surface area contributed by atoms with E-state index in [1.54, 1.807) is 0 Å². The normalized spacial score (nSPS) is 21.1. The van der Waals surface area contributed by atoms with Gasteiger partial charge in [-0.05, 0) is 19.1 Å². The minimum Gasteiger partial charge on any atom is -0.377 e. The van der Waals surface area contributed by atoms with Gasteiger partial charge in [0.25, 0.3) is 5.91 Å². The molecule has 16 heavy (non-hydrogen) atoms. The lowest BCUT2D eigenvalue weighted by atomic mass is 10.2. The first-order valence-corrected chi connectivity index (χ1v) is 6.58. The van der Waals surface area contributed by atoms with Crippen LogP contribution in [0.3, 0.4) is 0 Å². The van der Waals surface area contributed by atoms with Crippen LogP contribution >= 0.6 is 22.9 Å². The fraction of sp³-hybridized carbons (Fsp3) is 0.545. The van der Waals surface area contributed by atoms with Crippen LogP contribution in [0.15, 0.2) is 12.1 Å². The van der Waals surface area contributed by atoms with Crippen molar-refractivity contribution in [2.75, 3.05) is 25.6 Å². The van der Waals surface area contributed by atoms with Crippen molar-refractivity contribution in [3.8, 4) is 0 Å². The fourth-order valence-corrected chi connectivity index (χ4v) is 2.82. The average Bonchev–Trinajstić information content (AvgIpc) is 2.75. The van der Waals surface area contributed by atoms with Gasteiger partial charge in [0, 0.05) is 17.3 Å². The van der Waals surface area contributed by atoms with Crippen LogP contribution in [0.4, 0.5) is 0 Å². The van der Waals surface area contributed by atoms with Crippen LogP contribution in [0.25, 0.3) is 0 Å². The van der Waals surface area contributed by atoms with Crippen molar-refractivity contribution in [1.29, 1.82) is 0 Å². The lowest BCUT2D eigenvalue weighted by molar-refractivity contribution is 0.00484. The Morgan fingerprint density at radius 2 is 2.50 bits per heavy atom. The summed E-state index contributed by atoms with van der Waals surface area (Å²) in [5.74, 6) is 0.503. The number of halogens is 1. The molecule has 1 saturated heterocycles. The summed E-state index contributed by atoms with van der Waals surface area (Å²) in [6, 6.07) is 3.85. The van der Waals surface area contributed by atoms with E-state index in [0.29, 0.717) is 25.6 Å².